The van der Waals surface area contributed by atoms with Crippen molar-refractivity contribution in [2.45, 2.75) is 20.3 Å². The predicted octanol–water partition coefficient (Wildman–Crippen LogP) is 3.62. The lowest BCUT2D eigenvalue weighted by Gasteiger charge is -2.09. The van der Waals surface area contributed by atoms with Crippen molar-refractivity contribution < 1.29 is 0 Å². The maximum atomic E-state index is 12.1. The lowest BCUT2D eigenvalue weighted by atomic mass is 10.1. The first-order valence-corrected chi connectivity index (χ1v) is 7.54. The van der Waals surface area contributed by atoms with Gasteiger partial charge in [0.2, 0.25) is 0 Å². The summed E-state index contributed by atoms with van der Waals surface area (Å²) in [6.07, 6.45) is 2.41. The second-order valence-corrected chi connectivity index (χ2v) is 5.68. The number of aryl methyl sites for hydroxylation is 1. The zero-order chi connectivity index (χ0) is 15.0. The van der Waals surface area contributed by atoms with Gasteiger partial charge in [-0.05, 0) is 31.5 Å². The molecular weight excluding hydrogens is 330 g/mol. The smallest absolute Gasteiger partial charge is 0.254 e. The Hall–Kier alpha value is -2.01. The third-order valence-electron chi connectivity index (χ3n) is 3.55. The number of rotatable bonds is 2. The number of nitrogens with one attached hydrogen (secondary N) is 1. The topological polar surface area (TPSA) is 58.6 Å². The van der Waals surface area contributed by atoms with Crippen LogP contribution in [0.2, 0.25) is 0 Å². The molecule has 3 aromatic rings. The van der Waals surface area contributed by atoms with Crippen LogP contribution in [-0.4, -0.2) is 15.0 Å². The van der Waals surface area contributed by atoms with Crippen molar-refractivity contribution in [3.8, 4) is 11.4 Å². The Labute approximate surface area is 130 Å². The van der Waals surface area contributed by atoms with E-state index in [4.69, 9.17) is 0 Å². The first kappa shape index (κ1) is 13.9. The van der Waals surface area contributed by atoms with Crippen LogP contribution in [-0.2, 0) is 6.42 Å². The van der Waals surface area contributed by atoms with Crippen LogP contribution in [0.15, 0.2) is 39.7 Å². The molecule has 2 heterocycles. The normalized spacial score (nSPS) is 11.0. The van der Waals surface area contributed by atoms with Crippen molar-refractivity contribution >= 4 is 26.8 Å². The molecule has 2 aromatic heterocycles. The molecule has 3 rings (SSSR count). The van der Waals surface area contributed by atoms with Gasteiger partial charge in [0.15, 0.2) is 0 Å². The zero-order valence-electron chi connectivity index (χ0n) is 11.8. The molecule has 0 spiro atoms. The van der Waals surface area contributed by atoms with Gasteiger partial charge >= 0.3 is 0 Å². The summed E-state index contributed by atoms with van der Waals surface area (Å²) in [7, 11) is 0. The number of nitrogens with zero attached hydrogens (tertiary/aromatic N) is 2. The van der Waals surface area contributed by atoms with Crippen LogP contribution >= 0.6 is 15.9 Å². The van der Waals surface area contributed by atoms with Crippen molar-refractivity contribution in [2.24, 2.45) is 0 Å². The van der Waals surface area contributed by atoms with Gasteiger partial charge in [-0.25, -0.2) is 4.98 Å². The van der Waals surface area contributed by atoms with Crippen LogP contribution in [0.25, 0.3) is 22.3 Å². The van der Waals surface area contributed by atoms with Gasteiger partial charge in [-0.2, -0.15) is 0 Å². The van der Waals surface area contributed by atoms with Crippen LogP contribution in [0.4, 0.5) is 0 Å². The fraction of sp³-hybridized carbons (Fsp3) is 0.188. The lowest BCUT2D eigenvalue weighted by Crippen LogP contribution is -2.16. The van der Waals surface area contributed by atoms with E-state index in [-0.39, 0.29) is 5.56 Å². The number of aromatic amines is 1. The second-order valence-electron chi connectivity index (χ2n) is 4.83. The predicted molar refractivity (Wildman–Crippen MR) is 87.4 cm³/mol. The number of hydrogen-bond acceptors (Lipinski definition) is 3. The van der Waals surface area contributed by atoms with E-state index in [9.17, 15) is 4.79 Å². The average molecular weight is 344 g/mol. The first-order chi connectivity index (χ1) is 10.1. The largest absolute Gasteiger partial charge is 0.306 e. The molecule has 0 amide bonds. The fourth-order valence-corrected chi connectivity index (χ4v) is 2.94. The maximum Gasteiger partial charge on any atom is 0.254 e. The van der Waals surface area contributed by atoms with Crippen molar-refractivity contribution in [3.05, 3.63) is 56.5 Å². The summed E-state index contributed by atoms with van der Waals surface area (Å²) in [6.45, 7) is 3.82. The minimum atomic E-state index is -0.0769. The lowest BCUT2D eigenvalue weighted by molar-refractivity contribution is 0.968. The summed E-state index contributed by atoms with van der Waals surface area (Å²) >= 11 is 3.52. The first-order valence-electron chi connectivity index (χ1n) is 6.75. The van der Waals surface area contributed by atoms with E-state index in [0.717, 1.165) is 32.2 Å². The molecule has 5 heteroatoms. The van der Waals surface area contributed by atoms with Crippen LogP contribution in [0.5, 0.6) is 0 Å². The molecule has 0 aliphatic heterocycles. The molecular formula is C16H14BrN3O. The number of aromatic nitrogens is 3. The molecule has 0 aliphatic carbocycles. The van der Waals surface area contributed by atoms with E-state index in [1.807, 2.05) is 38.1 Å². The second kappa shape index (κ2) is 5.41. The Bertz CT molecular complexity index is 886. The molecule has 0 aliphatic rings. The summed E-state index contributed by atoms with van der Waals surface area (Å²) in [6, 6.07) is 7.74. The Balaban J connectivity index is 2.32. The highest BCUT2D eigenvalue weighted by atomic mass is 79.9. The van der Waals surface area contributed by atoms with Gasteiger partial charge < -0.3 is 4.98 Å². The van der Waals surface area contributed by atoms with E-state index < -0.39 is 0 Å². The van der Waals surface area contributed by atoms with Gasteiger partial charge in [0.1, 0.15) is 5.82 Å². The minimum absolute atomic E-state index is 0.0769. The van der Waals surface area contributed by atoms with Gasteiger partial charge in [0.05, 0.1) is 5.52 Å². The highest BCUT2D eigenvalue weighted by Crippen LogP contribution is 2.29. The Morgan fingerprint density at radius 1 is 1.29 bits per heavy atom. The number of benzene rings is 1. The zero-order valence-corrected chi connectivity index (χ0v) is 13.4. The molecule has 0 saturated heterocycles. The summed E-state index contributed by atoms with van der Waals surface area (Å²) in [5.41, 5.74) is 3.07. The molecule has 1 N–H and O–H groups in total. The average Bonchev–Trinajstić information content (AvgIpc) is 2.47. The molecule has 21 heavy (non-hydrogen) atoms. The highest BCUT2D eigenvalue weighted by Gasteiger charge is 2.12. The van der Waals surface area contributed by atoms with Gasteiger partial charge in [-0.3, -0.25) is 9.78 Å². The van der Waals surface area contributed by atoms with Gasteiger partial charge in [-0.15, -0.1) is 0 Å². The van der Waals surface area contributed by atoms with Gasteiger partial charge in [-0.1, -0.05) is 28.9 Å². The molecule has 1 aromatic carbocycles. The monoisotopic (exact) mass is 343 g/mol. The van der Waals surface area contributed by atoms with E-state index in [1.54, 1.807) is 6.20 Å². The van der Waals surface area contributed by atoms with Crippen LogP contribution in [0, 0.1) is 6.92 Å². The van der Waals surface area contributed by atoms with Crippen molar-refractivity contribution in [1.29, 1.82) is 0 Å². The van der Waals surface area contributed by atoms with Crippen LogP contribution < -0.4 is 5.56 Å². The number of fused-ring (bicyclic) bond motifs is 1. The van der Waals surface area contributed by atoms with Crippen molar-refractivity contribution in [1.82, 2.24) is 15.0 Å². The molecule has 0 atom stereocenters. The Morgan fingerprint density at radius 3 is 2.81 bits per heavy atom. The fourth-order valence-electron chi connectivity index (χ4n) is 2.48. The third kappa shape index (κ3) is 2.38. The third-order valence-corrected chi connectivity index (χ3v) is 4.24. The quantitative estimate of drug-likeness (QED) is 0.772. The molecule has 106 valence electrons. The highest BCUT2D eigenvalue weighted by molar-refractivity contribution is 9.10. The van der Waals surface area contributed by atoms with Crippen molar-refractivity contribution in [3.63, 3.8) is 0 Å². The summed E-state index contributed by atoms with van der Waals surface area (Å²) < 4.78 is 0.971. The van der Waals surface area contributed by atoms with Crippen molar-refractivity contribution in [2.75, 3.05) is 0 Å². The number of H-pyrrole nitrogens is 1. The van der Waals surface area contributed by atoms with E-state index in [2.05, 4.69) is 30.9 Å². The Kier molecular flexibility index (Phi) is 3.59. The van der Waals surface area contributed by atoms with E-state index >= 15 is 0 Å². The molecule has 0 bridgehead atoms. The summed E-state index contributed by atoms with van der Waals surface area (Å²) in [5, 5.41) is 0.995. The number of halogens is 1. The molecule has 4 nitrogen and oxygen atoms in total. The number of hydrogen-bond donors (Lipinski definition) is 1. The molecule has 0 unspecified atom stereocenters. The van der Waals surface area contributed by atoms with E-state index in [0.29, 0.717) is 12.2 Å². The van der Waals surface area contributed by atoms with Gasteiger partial charge in [0.25, 0.3) is 5.56 Å². The molecule has 0 fully saturated rings. The van der Waals surface area contributed by atoms with Crippen LogP contribution in [0.3, 0.4) is 0 Å². The van der Waals surface area contributed by atoms with Gasteiger partial charge in [0, 0.05) is 32.9 Å². The maximum absolute atomic E-state index is 12.1. The molecule has 0 radical (unpaired) electrons. The number of pyridine rings is 1. The minimum Gasteiger partial charge on any atom is -0.306 e. The summed E-state index contributed by atoms with van der Waals surface area (Å²) in [5.74, 6) is 0.561. The Morgan fingerprint density at radius 2 is 2.10 bits per heavy atom. The van der Waals surface area contributed by atoms with E-state index in [1.165, 1.54) is 0 Å². The SMILES string of the molecule is CCc1c(C)nc(-c2ccc(Br)c3cccnc23)[nH]c1=O. The van der Waals surface area contributed by atoms with Crippen LogP contribution in [0.1, 0.15) is 18.2 Å². The summed E-state index contributed by atoms with van der Waals surface area (Å²) in [4.78, 5) is 24.0. The standard InChI is InChI=1S/C16H14BrN3O/c1-3-10-9(2)19-15(20-16(10)21)12-6-7-13(17)11-5-4-8-18-14(11)12/h4-8H,3H2,1-2H3,(H,19,20,21). The molecule has 0 saturated carbocycles.